The molecule has 1 amide bonds. The number of hydrogen-bond acceptors (Lipinski definition) is 3. The highest BCUT2D eigenvalue weighted by Crippen LogP contribution is 2.15. The number of methoxy groups -OCH3 is 1. The number of rotatable bonds is 5. The van der Waals surface area contributed by atoms with Gasteiger partial charge >= 0.3 is 0 Å². The highest BCUT2D eigenvalue weighted by Gasteiger charge is 2.06. The Bertz CT molecular complexity index is 686. The average molecular weight is 310 g/mol. The van der Waals surface area contributed by atoms with Crippen molar-refractivity contribution in [3.63, 3.8) is 0 Å². The quantitative estimate of drug-likeness (QED) is 0.671. The molecule has 0 bridgehead atoms. The zero-order valence-corrected chi connectivity index (χ0v) is 14.0. The molecule has 4 heteroatoms. The predicted octanol–water partition coefficient (Wildman–Crippen LogP) is 3.97. The van der Waals surface area contributed by atoms with Crippen LogP contribution in [0.1, 0.15) is 48.2 Å². The minimum Gasteiger partial charge on any atom is -0.497 e. The second kappa shape index (κ2) is 7.58. The summed E-state index contributed by atoms with van der Waals surface area (Å²) in [4.78, 5) is 12.1. The van der Waals surface area contributed by atoms with Gasteiger partial charge in [0, 0.05) is 5.56 Å². The monoisotopic (exact) mass is 310 g/mol. The molecule has 0 aliphatic heterocycles. The molecule has 4 nitrogen and oxygen atoms in total. The largest absolute Gasteiger partial charge is 0.497 e. The topological polar surface area (TPSA) is 50.7 Å². The van der Waals surface area contributed by atoms with Crippen LogP contribution in [0.2, 0.25) is 0 Å². The first-order chi connectivity index (χ1) is 11.0. The van der Waals surface area contributed by atoms with Crippen molar-refractivity contribution in [3.8, 4) is 5.75 Å². The third-order valence-electron chi connectivity index (χ3n) is 3.67. The molecule has 0 aliphatic rings. The van der Waals surface area contributed by atoms with E-state index in [1.54, 1.807) is 31.4 Å². The number of amides is 1. The van der Waals surface area contributed by atoms with Crippen LogP contribution in [0, 0.1) is 0 Å². The third kappa shape index (κ3) is 4.42. The van der Waals surface area contributed by atoms with Gasteiger partial charge in [-0.2, -0.15) is 5.10 Å². The third-order valence-corrected chi connectivity index (χ3v) is 3.67. The van der Waals surface area contributed by atoms with Gasteiger partial charge in [-0.05, 0) is 48.2 Å². The summed E-state index contributed by atoms with van der Waals surface area (Å²) in [6, 6.07) is 15.1. The number of hydrogen-bond donors (Lipinski definition) is 1. The summed E-state index contributed by atoms with van der Waals surface area (Å²) in [7, 11) is 1.59. The molecular formula is C19H22N2O2. The summed E-state index contributed by atoms with van der Waals surface area (Å²) in [5, 5.41) is 4.17. The van der Waals surface area contributed by atoms with E-state index < -0.39 is 0 Å². The second-order valence-corrected chi connectivity index (χ2v) is 5.64. The lowest BCUT2D eigenvalue weighted by Crippen LogP contribution is -2.19. The van der Waals surface area contributed by atoms with Crippen LogP contribution in [0.25, 0.3) is 0 Å². The summed E-state index contributed by atoms with van der Waals surface area (Å²) in [6.07, 6.45) is 0. The van der Waals surface area contributed by atoms with Crippen LogP contribution in [0.4, 0.5) is 0 Å². The Kier molecular flexibility index (Phi) is 5.52. The maximum atomic E-state index is 12.1. The van der Waals surface area contributed by atoms with Crippen molar-refractivity contribution in [2.45, 2.75) is 26.7 Å². The lowest BCUT2D eigenvalue weighted by atomic mass is 10.0. The molecule has 0 spiro atoms. The fourth-order valence-corrected chi connectivity index (χ4v) is 2.12. The molecule has 0 heterocycles. The van der Waals surface area contributed by atoms with E-state index in [0.29, 0.717) is 17.2 Å². The van der Waals surface area contributed by atoms with E-state index in [-0.39, 0.29) is 5.91 Å². The van der Waals surface area contributed by atoms with Gasteiger partial charge in [-0.1, -0.05) is 38.1 Å². The normalized spacial score (nSPS) is 11.4. The van der Waals surface area contributed by atoms with Gasteiger partial charge in [-0.25, -0.2) is 5.43 Å². The van der Waals surface area contributed by atoms with E-state index in [1.807, 2.05) is 19.1 Å². The molecule has 0 radical (unpaired) electrons. The zero-order valence-electron chi connectivity index (χ0n) is 14.0. The van der Waals surface area contributed by atoms with E-state index in [1.165, 1.54) is 5.56 Å². The van der Waals surface area contributed by atoms with Crippen molar-refractivity contribution in [1.82, 2.24) is 5.43 Å². The number of hydrazone groups is 1. The van der Waals surface area contributed by atoms with E-state index in [2.05, 4.69) is 36.5 Å². The van der Waals surface area contributed by atoms with Crippen LogP contribution in [0.15, 0.2) is 53.6 Å². The number of nitrogens with one attached hydrogen (secondary N) is 1. The molecule has 0 saturated carbocycles. The van der Waals surface area contributed by atoms with Gasteiger partial charge in [0.2, 0.25) is 0 Å². The molecule has 0 aliphatic carbocycles. The van der Waals surface area contributed by atoms with Crippen LogP contribution in [-0.4, -0.2) is 18.7 Å². The maximum absolute atomic E-state index is 12.1. The molecule has 0 fully saturated rings. The van der Waals surface area contributed by atoms with Crippen molar-refractivity contribution in [3.05, 3.63) is 65.2 Å². The first kappa shape index (κ1) is 16.7. The molecule has 1 N–H and O–H groups in total. The van der Waals surface area contributed by atoms with Crippen LogP contribution >= 0.6 is 0 Å². The molecule has 23 heavy (non-hydrogen) atoms. The zero-order chi connectivity index (χ0) is 16.8. The van der Waals surface area contributed by atoms with E-state index >= 15 is 0 Å². The minimum atomic E-state index is -0.245. The summed E-state index contributed by atoms with van der Waals surface area (Å²) >= 11 is 0. The Hall–Kier alpha value is -2.62. The molecule has 120 valence electrons. The molecule has 0 atom stereocenters. The average Bonchev–Trinajstić information content (AvgIpc) is 2.59. The Balaban J connectivity index is 2.04. The van der Waals surface area contributed by atoms with E-state index in [4.69, 9.17) is 4.74 Å². The van der Waals surface area contributed by atoms with Crippen LogP contribution in [-0.2, 0) is 0 Å². The second-order valence-electron chi connectivity index (χ2n) is 5.64. The first-order valence-corrected chi connectivity index (χ1v) is 7.60. The molecular weight excluding hydrogens is 288 g/mol. The minimum absolute atomic E-state index is 0.245. The standard InChI is InChI=1S/C19H22N2O2/c1-13(2)15-5-7-16(8-6-15)14(3)20-21-19(22)17-9-11-18(23-4)12-10-17/h5-13H,1-4H3,(H,21,22)/b20-14+. The lowest BCUT2D eigenvalue weighted by Gasteiger charge is -2.07. The number of carbonyl (C=O) groups excluding carboxylic acids is 1. The lowest BCUT2D eigenvalue weighted by molar-refractivity contribution is 0.0955. The van der Waals surface area contributed by atoms with Crippen LogP contribution in [0.3, 0.4) is 0 Å². The van der Waals surface area contributed by atoms with Gasteiger partial charge in [-0.3, -0.25) is 4.79 Å². The van der Waals surface area contributed by atoms with Crippen molar-refractivity contribution < 1.29 is 9.53 Å². The molecule has 0 unspecified atom stereocenters. The van der Waals surface area contributed by atoms with Gasteiger partial charge in [0.25, 0.3) is 5.91 Å². The van der Waals surface area contributed by atoms with Crippen molar-refractivity contribution in [1.29, 1.82) is 0 Å². The molecule has 2 rings (SSSR count). The van der Waals surface area contributed by atoms with Gasteiger partial charge in [0.1, 0.15) is 5.75 Å². The number of benzene rings is 2. The smallest absolute Gasteiger partial charge is 0.271 e. The molecule has 2 aromatic rings. The molecule has 2 aromatic carbocycles. The highest BCUT2D eigenvalue weighted by molar-refractivity contribution is 6.00. The Morgan fingerprint density at radius 3 is 2.09 bits per heavy atom. The van der Waals surface area contributed by atoms with Gasteiger partial charge in [0.15, 0.2) is 0 Å². The fourth-order valence-electron chi connectivity index (χ4n) is 2.12. The summed E-state index contributed by atoms with van der Waals surface area (Å²) in [5.41, 5.74) is 6.16. The first-order valence-electron chi connectivity index (χ1n) is 7.60. The maximum Gasteiger partial charge on any atom is 0.271 e. The molecule has 0 saturated heterocycles. The van der Waals surface area contributed by atoms with Gasteiger partial charge in [-0.15, -0.1) is 0 Å². The van der Waals surface area contributed by atoms with E-state index in [0.717, 1.165) is 11.3 Å². The summed E-state index contributed by atoms with van der Waals surface area (Å²) < 4.78 is 5.07. The summed E-state index contributed by atoms with van der Waals surface area (Å²) in [6.45, 7) is 6.19. The van der Waals surface area contributed by atoms with Crippen molar-refractivity contribution >= 4 is 11.6 Å². The highest BCUT2D eigenvalue weighted by atomic mass is 16.5. The molecule has 0 aromatic heterocycles. The Morgan fingerprint density at radius 1 is 1.00 bits per heavy atom. The number of ether oxygens (including phenoxy) is 1. The summed E-state index contributed by atoms with van der Waals surface area (Å²) in [5.74, 6) is 0.966. The van der Waals surface area contributed by atoms with E-state index in [9.17, 15) is 4.79 Å². The SMILES string of the molecule is COc1ccc(C(=O)N/N=C(\C)c2ccc(C(C)C)cc2)cc1. The number of carbonyl (C=O) groups is 1. The van der Waals surface area contributed by atoms with Crippen LogP contribution < -0.4 is 10.2 Å². The number of nitrogens with zero attached hydrogens (tertiary/aromatic N) is 1. The predicted molar refractivity (Wildman–Crippen MR) is 93.2 cm³/mol. The van der Waals surface area contributed by atoms with Crippen LogP contribution in [0.5, 0.6) is 5.75 Å². The van der Waals surface area contributed by atoms with Crippen molar-refractivity contribution in [2.75, 3.05) is 7.11 Å². The fraction of sp³-hybridized carbons (Fsp3) is 0.263. The van der Waals surface area contributed by atoms with Gasteiger partial charge in [0.05, 0.1) is 12.8 Å². The Labute approximate surface area is 137 Å². The Morgan fingerprint density at radius 2 is 1.57 bits per heavy atom. The van der Waals surface area contributed by atoms with Crippen molar-refractivity contribution in [2.24, 2.45) is 5.10 Å². The van der Waals surface area contributed by atoms with Gasteiger partial charge < -0.3 is 4.74 Å².